The Kier molecular flexibility index (Phi) is 6.81. The summed E-state index contributed by atoms with van der Waals surface area (Å²) in [4.78, 5) is 27.6. The van der Waals surface area contributed by atoms with Crippen LogP contribution in [0.4, 0.5) is 0 Å². The van der Waals surface area contributed by atoms with Gasteiger partial charge in [-0.15, -0.1) is 0 Å². The van der Waals surface area contributed by atoms with Crippen LogP contribution in [0, 0.1) is 0 Å². The summed E-state index contributed by atoms with van der Waals surface area (Å²) in [6.07, 6.45) is 3.19. The molecule has 1 fully saturated rings. The van der Waals surface area contributed by atoms with Crippen molar-refractivity contribution in [2.24, 2.45) is 0 Å². The predicted molar refractivity (Wildman–Crippen MR) is 127 cm³/mol. The van der Waals surface area contributed by atoms with E-state index in [1.54, 1.807) is 22.7 Å². The molecule has 178 valence electrons. The lowest BCUT2D eigenvalue weighted by molar-refractivity contribution is -0.166. The van der Waals surface area contributed by atoms with Crippen molar-refractivity contribution in [3.8, 4) is 5.69 Å². The largest absolute Gasteiger partial charge is 0.380 e. The summed E-state index contributed by atoms with van der Waals surface area (Å²) in [5.74, 6) is -1.46. The monoisotopic (exact) mass is 462 g/mol. The molecule has 3 unspecified atom stereocenters. The van der Waals surface area contributed by atoms with E-state index in [1.807, 2.05) is 66.9 Å². The number of benzene rings is 2. The molecule has 8 nitrogen and oxygen atoms in total. The standard InChI is InChI=1S/C26H30N4O4/c1-18(19-11-13-21(14-12-19)30-17-7-15-27-30)28-25(33)26(2,34)23(31)24(32)29-16-6-10-22(29)20-8-4-3-5-9-20/h3-5,7-9,11-15,17-18,22-23,31,34H,6,10,16H2,1-2H3,(H,28,33)/t18?,22?,23?,26-/m1/s1. The molecule has 3 N–H and O–H groups in total. The van der Waals surface area contributed by atoms with Crippen LogP contribution in [-0.2, 0) is 9.59 Å². The molecule has 1 aromatic heterocycles. The Morgan fingerprint density at radius 3 is 2.47 bits per heavy atom. The topological polar surface area (TPSA) is 108 Å². The van der Waals surface area contributed by atoms with Gasteiger partial charge in [0.15, 0.2) is 11.7 Å². The van der Waals surface area contributed by atoms with E-state index in [0.717, 1.165) is 29.7 Å². The van der Waals surface area contributed by atoms with E-state index in [9.17, 15) is 19.8 Å². The Morgan fingerprint density at radius 1 is 1.12 bits per heavy atom. The highest BCUT2D eigenvalue weighted by atomic mass is 16.4. The molecule has 34 heavy (non-hydrogen) atoms. The molecule has 0 spiro atoms. The van der Waals surface area contributed by atoms with E-state index in [-0.39, 0.29) is 6.04 Å². The van der Waals surface area contributed by atoms with Gasteiger partial charge in [-0.1, -0.05) is 42.5 Å². The van der Waals surface area contributed by atoms with E-state index in [4.69, 9.17) is 0 Å². The first kappa shape index (κ1) is 23.7. The minimum absolute atomic E-state index is 0.186. The molecule has 2 amide bonds. The number of likely N-dealkylation sites (tertiary alicyclic amines) is 1. The van der Waals surface area contributed by atoms with Gasteiger partial charge in [0, 0.05) is 18.9 Å². The second-order valence-corrected chi connectivity index (χ2v) is 8.89. The Morgan fingerprint density at radius 2 is 1.82 bits per heavy atom. The Balaban J connectivity index is 1.42. The van der Waals surface area contributed by atoms with Crippen LogP contribution in [0.1, 0.15) is 49.9 Å². The van der Waals surface area contributed by atoms with Gasteiger partial charge in [-0.25, -0.2) is 4.68 Å². The molecule has 2 aromatic carbocycles. The molecule has 3 aromatic rings. The molecule has 0 saturated carbocycles. The average molecular weight is 463 g/mol. The fourth-order valence-corrected chi connectivity index (χ4v) is 4.34. The highest BCUT2D eigenvalue weighted by molar-refractivity contribution is 5.94. The molecular formula is C26H30N4O4. The number of aliphatic hydroxyl groups excluding tert-OH is 1. The quantitative estimate of drug-likeness (QED) is 0.500. The molecule has 2 heterocycles. The molecule has 0 aliphatic carbocycles. The number of hydrogen-bond donors (Lipinski definition) is 3. The van der Waals surface area contributed by atoms with Crippen molar-refractivity contribution in [2.75, 3.05) is 6.54 Å². The van der Waals surface area contributed by atoms with Gasteiger partial charge in [0.1, 0.15) is 0 Å². The maximum absolute atomic E-state index is 13.1. The van der Waals surface area contributed by atoms with Gasteiger partial charge < -0.3 is 20.4 Å². The summed E-state index contributed by atoms with van der Waals surface area (Å²) in [5, 5.41) is 28.5. The first-order chi connectivity index (χ1) is 16.3. The Bertz CT molecular complexity index is 1110. The van der Waals surface area contributed by atoms with Gasteiger partial charge in [-0.3, -0.25) is 9.59 Å². The number of aromatic nitrogens is 2. The van der Waals surface area contributed by atoms with Gasteiger partial charge in [0.2, 0.25) is 0 Å². The maximum atomic E-state index is 13.1. The predicted octanol–water partition coefficient (Wildman–Crippen LogP) is 2.53. The van der Waals surface area contributed by atoms with Gasteiger partial charge in [0.25, 0.3) is 11.8 Å². The van der Waals surface area contributed by atoms with Crippen molar-refractivity contribution in [1.29, 1.82) is 0 Å². The number of aliphatic hydroxyl groups is 2. The van der Waals surface area contributed by atoms with Crippen LogP contribution in [0.25, 0.3) is 5.69 Å². The highest BCUT2D eigenvalue weighted by Gasteiger charge is 2.46. The van der Waals surface area contributed by atoms with Gasteiger partial charge >= 0.3 is 0 Å². The normalized spacial score (nSPS) is 19.3. The zero-order valence-corrected chi connectivity index (χ0v) is 19.3. The third-order valence-corrected chi connectivity index (χ3v) is 6.46. The van der Waals surface area contributed by atoms with E-state index in [0.29, 0.717) is 6.54 Å². The lowest BCUT2D eigenvalue weighted by Gasteiger charge is -2.33. The highest BCUT2D eigenvalue weighted by Crippen LogP contribution is 2.33. The van der Waals surface area contributed by atoms with Crippen molar-refractivity contribution in [2.45, 2.75) is 50.5 Å². The smallest absolute Gasteiger partial charge is 0.255 e. The number of carbonyl (C=O) groups excluding carboxylic acids is 2. The third-order valence-electron chi connectivity index (χ3n) is 6.46. The molecule has 8 heteroatoms. The van der Waals surface area contributed by atoms with E-state index in [1.165, 1.54) is 6.92 Å². The van der Waals surface area contributed by atoms with Crippen molar-refractivity contribution < 1.29 is 19.8 Å². The van der Waals surface area contributed by atoms with Gasteiger partial charge in [-0.2, -0.15) is 5.10 Å². The van der Waals surface area contributed by atoms with Crippen molar-refractivity contribution in [1.82, 2.24) is 20.0 Å². The summed E-state index contributed by atoms with van der Waals surface area (Å²) in [6, 6.07) is 18.2. The summed E-state index contributed by atoms with van der Waals surface area (Å²) in [6.45, 7) is 3.41. The zero-order valence-electron chi connectivity index (χ0n) is 19.3. The minimum Gasteiger partial charge on any atom is -0.380 e. The molecular weight excluding hydrogens is 432 g/mol. The van der Waals surface area contributed by atoms with Crippen LogP contribution in [0.2, 0.25) is 0 Å². The molecule has 0 radical (unpaired) electrons. The average Bonchev–Trinajstić information content (AvgIpc) is 3.56. The van der Waals surface area contributed by atoms with Crippen LogP contribution in [0.3, 0.4) is 0 Å². The molecule has 0 bridgehead atoms. The van der Waals surface area contributed by atoms with Crippen LogP contribution < -0.4 is 5.32 Å². The van der Waals surface area contributed by atoms with Crippen molar-refractivity contribution in [3.63, 3.8) is 0 Å². The first-order valence-electron chi connectivity index (χ1n) is 11.5. The van der Waals surface area contributed by atoms with Gasteiger partial charge in [0.05, 0.1) is 17.8 Å². The summed E-state index contributed by atoms with van der Waals surface area (Å²) >= 11 is 0. The lowest BCUT2D eigenvalue weighted by Crippen LogP contribution is -2.58. The lowest BCUT2D eigenvalue weighted by atomic mass is 9.95. The van der Waals surface area contributed by atoms with Crippen LogP contribution in [0.15, 0.2) is 73.1 Å². The molecule has 4 atom stereocenters. The second-order valence-electron chi connectivity index (χ2n) is 8.89. The third kappa shape index (κ3) is 4.73. The fourth-order valence-electron chi connectivity index (χ4n) is 4.34. The van der Waals surface area contributed by atoms with Crippen LogP contribution >= 0.6 is 0 Å². The van der Waals surface area contributed by atoms with E-state index in [2.05, 4.69) is 10.4 Å². The Hall–Kier alpha value is -3.49. The summed E-state index contributed by atoms with van der Waals surface area (Å²) in [5.41, 5.74) is 0.365. The van der Waals surface area contributed by atoms with Gasteiger partial charge in [-0.05, 0) is 56.0 Å². The number of nitrogens with one attached hydrogen (secondary N) is 1. The van der Waals surface area contributed by atoms with Crippen LogP contribution in [0.5, 0.6) is 0 Å². The van der Waals surface area contributed by atoms with E-state index >= 15 is 0 Å². The Labute approximate surface area is 198 Å². The van der Waals surface area contributed by atoms with Crippen molar-refractivity contribution >= 4 is 11.8 Å². The molecule has 1 aliphatic heterocycles. The molecule has 4 rings (SSSR count). The molecule has 1 aliphatic rings. The first-order valence-corrected chi connectivity index (χ1v) is 11.5. The maximum Gasteiger partial charge on any atom is 0.255 e. The second kappa shape index (κ2) is 9.79. The number of rotatable bonds is 7. The number of carbonyl (C=O) groups is 2. The summed E-state index contributed by atoms with van der Waals surface area (Å²) in [7, 11) is 0. The number of amides is 2. The number of nitrogens with zero attached hydrogens (tertiary/aromatic N) is 3. The summed E-state index contributed by atoms with van der Waals surface area (Å²) < 4.78 is 1.72. The van der Waals surface area contributed by atoms with Crippen LogP contribution in [-0.4, -0.2) is 55.0 Å². The number of hydrogen-bond acceptors (Lipinski definition) is 5. The minimum atomic E-state index is -2.29. The molecule has 1 saturated heterocycles. The van der Waals surface area contributed by atoms with E-state index < -0.39 is 29.6 Å². The SMILES string of the molecule is CC(NC(=O)[C@](C)(O)C(O)C(=O)N1CCCC1c1ccccc1)c1ccc(-n2cccn2)cc1. The van der Waals surface area contributed by atoms with Crippen molar-refractivity contribution in [3.05, 3.63) is 84.2 Å². The zero-order chi connectivity index (χ0) is 24.3. The fraction of sp³-hybridized carbons (Fsp3) is 0.346.